The van der Waals surface area contributed by atoms with E-state index < -0.39 is 21.8 Å². The summed E-state index contributed by atoms with van der Waals surface area (Å²) in [5.41, 5.74) is 0.370. The molecule has 1 aromatic carbocycles. The average molecular weight is 433 g/mol. The van der Waals surface area contributed by atoms with E-state index in [1.54, 1.807) is 0 Å². The summed E-state index contributed by atoms with van der Waals surface area (Å²) in [7, 11) is -3.78. The molecule has 0 unspecified atom stereocenters. The van der Waals surface area contributed by atoms with E-state index in [9.17, 15) is 26.4 Å². The van der Waals surface area contributed by atoms with Crippen molar-refractivity contribution in [3.63, 3.8) is 0 Å². The SMILES string of the molecule is CS(=O)(=O)N(CCCC(=O)NCCC1=CCCCC1)c1cccc(C(F)(F)F)c1. The first-order valence-corrected chi connectivity index (χ1v) is 11.5. The normalized spacial score (nSPS) is 15.0. The highest BCUT2D eigenvalue weighted by molar-refractivity contribution is 7.92. The minimum Gasteiger partial charge on any atom is -0.356 e. The molecule has 9 heteroatoms. The third-order valence-corrected chi connectivity index (χ3v) is 5.97. The van der Waals surface area contributed by atoms with Gasteiger partial charge in [0.1, 0.15) is 0 Å². The zero-order chi connectivity index (χ0) is 21.5. The van der Waals surface area contributed by atoms with Gasteiger partial charge < -0.3 is 5.32 Å². The molecule has 0 aliphatic heterocycles. The van der Waals surface area contributed by atoms with Crippen LogP contribution in [0.1, 0.15) is 50.5 Å². The smallest absolute Gasteiger partial charge is 0.356 e. The summed E-state index contributed by atoms with van der Waals surface area (Å²) in [4.78, 5) is 12.0. The molecule has 0 atom stereocenters. The topological polar surface area (TPSA) is 66.5 Å². The highest BCUT2D eigenvalue weighted by atomic mass is 32.2. The number of alkyl halides is 3. The Morgan fingerprint density at radius 3 is 2.62 bits per heavy atom. The Morgan fingerprint density at radius 1 is 1.24 bits per heavy atom. The van der Waals surface area contributed by atoms with Crippen LogP contribution in [0.25, 0.3) is 0 Å². The van der Waals surface area contributed by atoms with Gasteiger partial charge in [-0.2, -0.15) is 13.2 Å². The molecule has 1 aliphatic carbocycles. The lowest BCUT2D eigenvalue weighted by atomic mass is 9.97. The molecule has 0 saturated heterocycles. The molecular weight excluding hydrogens is 405 g/mol. The van der Waals surface area contributed by atoms with Gasteiger partial charge in [-0.05, 0) is 56.7 Å². The molecule has 0 saturated carbocycles. The van der Waals surface area contributed by atoms with Gasteiger partial charge in [-0.25, -0.2) is 8.42 Å². The average Bonchev–Trinajstić information content (AvgIpc) is 2.64. The highest BCUT2D eigenvalue weighted by Crippen LogP contribution is 2.32. The van der Waals surface area contributed by atoms with E-state index in [1.165, 1.54) is 30.5 Å². The molecule has 162 valence electrons. The van der Waals surface area contributed by atoms with E-state index in [0.717, 1.165) is 42.0 Å². The van der Waals surface area contributed by atoms with Crippen LogP contribution in [0.4, 0.5) is 18.9 Å². The van der Waals surface area contributed by atoms with Gasteiger partial charge in [0, 0.05) is 19.5 Å². The van der Waals surface area contributed by atoms with E-state index in [1.807, 2.05) is 0 Å². The van der Waals surface area contributed by atoms with Crippen molar-refractivity contribution in [2.24, 2.45) is 0 Å². The van der Waals surface area contributed by atoms with Gasteiger partial charge in [0.05, 0.1) is 17.5 Å². The Kier molecular flexibility index (Phi) is 8.13. The monoisotopic (exact) mass is 432 g/mol. The number of rotatable bonds is 9. The maximum atomic E-state index is 12.9. The molecule has 2 rings (SSSR count). The number of sulfonamides is 1. The number of amides is 1. The van der Waals surface area contributed by atoms with E-state index >= 15 is 0 Å². The first-order valence-electron chi connectivity index (χ1n) is 9.67. The second-order valence-electron chi connectivity index (χ2n) is 7.19. The fraction of sp³-hybridized carbons (Fsp3) is 0.550. The predicted molar refractivity (Wildman–Crippen MR) is 107 cm³/mol. The summed E-state index contributed by atoms with van der Waals surface area (Å²) >= 11 is 0. The van der Waals surface area contributed by atoms with Crippen LogP contribution in [0.5, 0.6) is 0 Å². The van der Waals surface area contributed by atoms with Crippen molar-refractivity contribution < 1.29 is 26.4 Å². The molecule has 5 nitrogen and oxygen atoms in total. The number of carbonyl (C=O) groups is 1. The maximum absolute atomic E-state index is 12.9. The van der Waals surface area contributed by atoms with Gasteiger partial charge in [-0.1, -0.05) is 17.7 Å². The zero-order valence-corrected chi connectivity index (χ0v) is 17.3. The number of carbonyl (C=O) groups excluding carboxylic acids is 1. The number of benzene rings is 1. The fourth-order valence-corrected chi connectivity index (χ4v) is 4.25. The molecular formula is C20H27F3N2O3S. The predicted octanol–water partition coefficient (Wildman–Crippen LogP) is 4.26. The second-order valence-corrected chi connectivity index (χ2v) is 9.10. The molecule has 1 aliphatic rings. The lowest BCUT2D eigenvalue weighted by Gasteiger charge is -2.23. The molecule has 1 aromatic rings. The van der Waals surface area contributed by atoms with E-state index in [2.05, 4.69) is 11.4 Å². The third kappa shape index (κ3) is 7.72. The van der Waals surface area contributed by atoms with Gasteiger partial charge >= 0.3 is 6.18 Å². The number of allylic oxidation sites excluding steroid dienone is 1. The lowest BCUT2D eigenvalue weighted by Crippen LogP contribution is -2.32. The second kappa shape index (κ2) is 10.1. The third-order valence-electron chi connectivity index (χ3n) is 4.78. The van der Waals surface area contributed by atoms with Crippen LogP contribution >= 0.6 is 0 Å². The van der Waals surface area contributed by atoms with Crippen LogP contribution in [0, 0.1) is 0 Å². The number of halogens is 3. The van der Waals surface area contributed by atoms with Crippen LogP contribution in [0.15, 0.2) is 35.9 Å². The van der Waals surface area contributed by atoms with E-state index in [-0.39, 0.29) is 31.0 Å². The molecule has 29 heavy (non-hydrogen) atoms. The first kappa shape index (κ1) is 23.3. The zero-order valence-electron chi connectivity index (χ0n) is 16.5. The molecule has 0 fully saturated rings. The van der Waals surface area contributed by atoms with Gasteiger partial charge in [0.2, 0.25) is 15.9 Å². The Labute approximate surface area is 170 Å². The van der Waals surface area contributed by atoms with Gasteiger partial charge in [-0.15, -0.1) is 0 Å². The number of hydrogen-bond acceptors (Lipinski definition) is 3. The standard InChI is InChI=1S/C20H27F3N2O3S/c1-29(27,28)25(18-10-5-9-17(15-18)20(21,22)23)14-6-11-19(26)24-13-12-16-7-3-2-4-8-16/h5,7,9-10,15H,2-4,6,8,11-14H2,1H3,(H,24,26). The Balaban J connectivity index is 1.88. The fourth-order valence-electron chi connectivity index (χ4n) is 3.29. The molecule has 0 radical (unpaired) electrons. The van der Waals surface area contributed by atoms with E-state index in [0.29, 0.717) is 6.54 Å². The van der Waals surface area contributed by atoms with Crippen molar-refractivity contribution in [2.45, 2.75) is 51.1 Å². The number of nitrogens with zero attached hydrogens (tertiary/aromatic N) is 1. The number of hydrogen-bond donors (Lipinski definition) is 1. The summed E-state index contributed by atoms with van der Waals surface area (Å²) in [6.07, 6.45) is 4.24. The van der Waals surface area contributed by atoms with Crippen molar-refractivity contribution in [2.75, 3.05) is 23.7 Å². The van der Waals surface area contributed by atoms with Gasteiger partial charge in [0.15, 0.2) is 0 Å². The van der Waals surface area contributed by atoms with Crippen molar-refractivity contribution in [1.29, 1.82) is 0 Å². The molecule has 0 spiro atoms. The molecule has 1 N–H and O–H groups in total. The minimum atomic E-state index is -4.56. The van der Waals surface area contributed by atoms with Crippen LogP contribution in [0.3, 0.4) is 0 Å². The summed E-state index contributed by atoms with van der Waals surface area (Å²) in [5, 5.41) is 2.81. The van der Waals surface area contributed by atoms with Crippen LogP contribution in [-0.2, 0) is 21.0 Å². The first-order chi connectivity index (χ1) is 13.6. The molecule has 0 bridgehead atoms. The van der Waals surface area contributed by atoms with Gasteiger partial charge in [0.25, 0.3) is 0 Å². The quantitative estimate of drug-likeness (QED) is 0.593. The van der Waals surface area contributed by atoms with Crippen molar-refractivity contribution in [1.82, 2.24) is 5.32 Å². The van der Waals surface area contributed by atoms with Crippen molar-refractivity contribution in [3.05, 3.63) is 41.5 Å². The summed E-state index contributed by atoms with van der Waals surface area (Å²) < 4.78 is 63.8. The maximum Gasteiger partial charge on any atom is 0.416 e. The number of nitrogens with one attached hydrogen (secondary N) is 1. The highest BCUT2D eigenvalue weighted by Gasteiger charge is 2.31. The van der Waals surface area contributed by atoms with Gasteiger partial charge in [-0.3, -0.25) is 9.10 Å². The summed E-state index contributed by atoms with van der Waals surface area (Å²) in [6, 6.07) is 4.18. The summed E-state index contributed by atoms with van der Waals surface area (Å²) in [5.74, 6) is -0.195. The number of anilines is 1. The van der Waals surface area contributed by atoms with Crippen LogP contribution in [0.2, 0.25) is 0 Å². The Morgan fingerprint density at radius 2 is 2.00 bits per heavy atom. The molecule has 0 heterocycles. The van der Waals surface area contributed by atoms with Crippen molar-refractivity contribution >= 4 is 21.6 Å². The van der Waals surface area contributed by atoms with Crippen LogP contribution in [-0.4, -0.2) is 33.7 Å². The summed E-state index contributed by atoms with van der Waals surface area (Å²) in [6.45, 7) is 0.465. The largest absolute Gasteiger partial charge is 0.416 e. The Hall–Kier alpha value is -2.03. The molecule has 0 aromatic heterocycles. The van der Waals surface area contributed by atoms with Crippen LogP contribution < -0.4 is 9.62 Å². The molecule has 1 amide bonds. The lowest BCUT2D eigenvalue weighted by molar-refractivity contribution is -0.137. The van der Waals surface area contributed by atoms with E-state index in [4.69, 9.17) is 0 Å². The van der Waals surface area contributed by atoms with Crippen molar-refractivity contribution in [3.8, 4) is 0 Å². The Bertz CT molecular complexity index is 836. The minimum absolute atomic E-state index is 0.0630.